The minimum atomic E-state index is -4.12. The number of halogens is 5. The summed E-state index contributed by atoms with van der Waals surface area (Å²) in [7, 11) is 0.457. The van der Waals surface area contributed by atoms with Crippen LogP contribution >= 0.6 is 0 Å². The van der Waals surface area contributed by atoms with Gasteiger partial charge in [-0.2, -0.15) is 4.39 Å². The highest BCUT2D eigenvalue weighted by Crippen LogP contribution is 2.28. The Morgan fingerprint density at radius 3 is 1.40 bits per heavy atom. The Hall–Kier alpha value is -0.390. The van der Waals surface area contributed by atoms with Crippen molar-refractivity contribution >= 4 is 0 Å². The van der Waals surface area contributed by atoms with Gasteiger partial charge in [0, 0.05) is 7.11 Å². The molecule has 0 atom stereocenters. The summed E-state index contributed by atoms with van der Waals surface area (Å²) < 4.78 is 60.8. The zero-order valence-corrected chi connectivity index (χ0v) is 4.95. The molecule has 6 heteroatoms. The van der Waals surface area contributed by atoms with Crippen molar-refractivity contribution in [2.24, 2.45) is 0 Å². The van der Waals surface area contributed by atoms with E-state index in [-0.39, 0.29) is 0 Å². The number of ether oxygens (including phenoxy) is 1. The monoisotopic (exact) mass is 164 g/mol. The zero-order valence-electron chi connectivity index (χ0n) is 4.95. The fourth-order valence-corrected chi connectivity index (χ4v) is 0.273. The van der Waals surface area contributed by atoms with Crippen molar-refractivity contribution in [2.75, 3.05) is 7.11 Å². The molecule has 0 spiro atoms. The van der Waals surface area contributed by atoms with E-state index in [0.717, 1.165) is 0 Å². The van der Waals surface area contributed by atoms with E-state index in [9.17, 15) is 22.0 Å². The molecule has 0 rings (SSSR count). The Labute approximate surface area is 53.8 Å². The molecule has 0 aromatic heterocycles. The van der Waals surface area contributed by atoms with Gasteiger partial charge in [-0.15, -0.1) is 0 Å². The van der Waals surface area contributed by atoms with Crippen molar-refractivity contribution in [2.45, 2.75) is 18.7 Å². The predicted octanol–water partition coefficient (Wildman–Crippen LogP) is 1.83. The van der Waals surface area contributed by atoms with E-state index in [4.69, 9.17) is 0 Å². The third-order valence-electron chi connectivity index (χ3n) is 0.908. The molecule has 0 aromatic rings. The lowest BCUT2D eigenvalue weighted by Gasteiger charge is -2.20. The topological polar surface area (TPSA) is 9.23 Å². The minimum absolute atomic E-state index is 0.457. The SMILES string of the molecule is COC(F)(C(F)F)C(F)F. The zero-order chi connectivity index (χ0) is 8.36. The quantitative estimate of drug-likeness (QED) is 0.578. The largest absolute Gasteiger partial charge is 0.340 e. The summed E-state index contributed by atoms with van der Waals surface area (Å²) in [6.07, 6.45) is -7.67. The van der Waals surface area contributed by atoms with Crippen molar-refractivity contribution in [3.63, 3.8) is 0 Å². The van der Waals surface area contributed by atoms with E-state index in [1.165, 1.54) is 0 Å². The Balaban J connectivity index is 4.23. The fraction of sp³-hybridized carbons (Fsp3) is 1.00. The average molecular weight is 164 g/mol. The molecule has 0 N–H and O–H groups in total. The standard InChI is InChI=1S/C4H5F5O/c1-10-4(9,2(5)6)3(7)8/h2-3H,1H3. The van der Waals surface area contributed by atoms with Gasteiger partial charge in [0.05, 0.1) is 0 Å². The molecule has 10 heavy (non-hydrogen) atoms. The van der Waals surface area contributed by atoms with Gasteiger partial charge in [-0.25, -0.2) is 17.6 Å². The maximum atomic E-state index is 12.0. The lowest BCUT2D eigenvalue weighted by atomic mass is 10.3. The number of hydrogen-bond acceptors (Lipinski definition) is 1. The molecule has 0 bridgehead atoms. The number of rotatable bonds is 3. The molecule has 62 valence electrons. The molecule has 0 fully saturated rings. The summed E-state index contributed by atoms with van der Waals surface area (Å²) >= 11 is 0. The second-order valence-electron chi connectivity index (χ2n) is 1.50. The third-order valence-corrected chi connectivity index (χ3v) is 0.908. The fourth-order valence-electron chi connectivity index (χ4n) is 0.273. The van der Waals surface area contributed by atoms with Gasteiger partial charge in [-0.1, -0.05) is 0 Å². The number of hydrogen-bond donors (Lipinski definition) is 0. The smallest absolute Gasteiger partial charge is 0.331 e. The Morgan fingerprint density at radius 1 is 1.10 bits per heavy atom. The normalized spacial score (nSPS) is 13.2. The molecular weight excluding hydrogens is 159 g/mol. The average Bonchev–Trinajstić information content (AvgIpc) is 1.85. The van der Waals surface area contributed by atoms with Crippen LogP contribution in [0.3, 0.4) is 0 Å². The van der Waals surface area contributed by atoms with Gasteiger partial charge in [-0.05, 0) is 0 Å². The molecule has 0 unspecified atom stereocenters. The van der Waals surface area contributed by atoms with E-state index in [0.29, 0.717) is 7.11 Å². The predicted molar refractivity (Wildman–Crippen MR) is 22.9 cm³/mol. The Bertz CT molecular complexity index is 95.8. The molecular formula is C4H5F5O. The first-order valence-corrected chi connectivity index (χ1v) is 2.25. The van der Waals surface area contributed by atoms with Crippen LogP contribution in [-0.2, 0) is 4.74 Å². The molecule has 1 nitrogen and oxygen atoms in total. The first kappa shape index (κ1) is 9.61. The lowest BCUT2D eigenvalue weighted by Crippen LogP contribution is -2.41. The highest BCUT2D eigenvalue weighted by atomic mass is 19.3. The lowest BCUT2D eigenvalue weighted by molar-refractivity contribution is -0.267. The Morgan fingerprint density at radius 2 is 1.40 bits per heavy atom. The molecule has 0 amide bonds. The molecule has 0 heterocycles. The summed E-state index contributed by atoms with van der Waals surface area (Å²) in [5.41, 5.74) is 0. The van der Waals surface area contributed by atoms with E-state index in [1.807, 2.05) is 0 Å². The van der Waals surface area contributed by atoms with Crippen LogP contribution < -0.4 is 0 Å². The second-order valence-corrected chi connectivity index (χ2v) is 1.50. The van der Waals surface area contributed by atoms with Crippen molar-refractivity contribution in [1.29, 1.82) is 0 Å². The number of alkyl halides is 5. The molecule has 0 aromatic carbocycles. The first-order valence-electron chi connectivity index (χ1n) is 2.25. The summed E-state index contributed by atoms with van der Waals surface area (Å²) in [5.74, 6) is -4.12. The Kier molecular flexibility index (Phi) is 3.01. The van der Waals surface area contributed by atoms with Crippen molar-refractivity contribution < 1.29 is 26.7 Å². The van der Waals surface area contributed by atoms with Crippen LogP contribution in [-0.4, -0.2) is 25.8 Å². The van der Waals surface area contributed by atoms with Crippen LogP contribution in [0.1, 0.15) is 0 Å². The van der Waals surface area contributed by atoms with Crippen LogP contribution in [0.4, 0.5) is 22.0 Å². The van der Waals surface area contributed by atoms with Gasteiger partial charge in [0.1, 0.15) is 0 Å². The van der Waals surface area contributed by atoms with E-state index < -0.39 is 18.7 Å². The van der Waals surface area contributed by atoms with Gasteiger partial charge < -0.3 is 4.74 Å². The molecule has 0 aliphatic rings. The number of methoxy groups -OCH3 is 1. The highest BCUT2D eigenvalue weighted by Gasteiger charge is 2.50. The maximum Gasteiger partial charge on any atom is 0.331 e. The van der Waals surface area contributed by atoms with Crippen molar-refractivity contribution in [1.82, 2.24) is 0 Å². The molecule has 0 radical (unpaired) electrons. The summed E-state index contributed by atoms with van der Waals surface area (Å²) in [6, 6.07) is 0. The van der Waals surface area contributed by atoms with Crippen LogP contribution in [0.2, 0.25) is 0 Å². The highest BCUT2D eigenvalue weighted by molar-refractivity contribution is 4.72. The van der Waals surface area contributed by atoms with E-state index in [1.54, 1.807) is 0 Å². The maximum absolute atomic E-state index is 12.0. The molecule has 0 saturated carbocycles. The first-order chi connectivity index (χ1) is 4.45. The second kappa shape index (κ2) is 3.14. The summed E-state index contributed by atoms with van der Waals surface area (Å²) in [6.45, 7) is 0. The van der Waals surface area contributed by atoms with Crippen molar-refractivity contribution in [3.8, 4) is 0 Å². The van der Waals surface area contributed by atoms with Crippen LogP contribution in [0.5, 0.6) is 0 Å². The van der Waals surface area contributed by atoms with E-state index >= 15 is 0 Å². The van der Waals surface area contributed by atoms with Crippen LogP contribution in [0.15, 0.2) is 0 Å². The third kappa shape index (κ3) is 1.56. The van der Waals surface area contributed by atoms with Gasteiger partial charge >= 0.3 is 18.7 Å². The summed E-state index contributed by atoms with van der Waals surface area (Å²) in [4.78, 5) is 0. The van der Waals surface area contributed by atoms with Gasteiger partial charge in [0.2, 0.25) is 0 Å². The van der Waals surface area contributed by atoms with Gasteiger partial charge in [0.15, 0.2) is 0 Å². The van der Waals surface area contributed by atoms with Gasteiger partial charge in [-0.3, -0.25) is 0 Å². The van der Waals surface area contributed by atoms with Gasteiger partial charge in [0.25, 0.3) is 0 Å². The van der Waals surface area contributed by atoms with Crippen LogP contribution in [0, 0.1) is 0 Å². The summed E-state index contributed by atoms with van der Waals surface area (Å²) in [5, 5.41) is 0. The minimum Gasteiger partial charge on any atom is -0.340 e. The molecule has 0 aliphatic heterocycles. The van der Waals surface area contributed by atoms with E-state index in [2.05, 4.69) is 4.74 Å². The van der Waals surface area contributed by atoms with Crippen molar-refractivity contribution in [3.05, 3.63) is 0 Å². The molecule has 0 saturated heterocycles. The molecule has 0 aliphatic carbocycles. The van der Waals surface area contributed by atoms with Crippen LogP contribution in [0.25, 0.3) is 0 Å².